The Morgan fingerprint density at radius 3 is 2.59 bits per heavy atom. The van der Waals surface area contributed by atoms with Crippen LogP contribution in [0.2, 0.25) is 0 Å². The summed E-state index contributed by atoms with van der Waals surface area (Å²) in [6.07, 6.45) is 1.36. The summed E-state index contributed by atoms with van der Waals surface area (Å²) in [6.45, 7) is 7.04. The summed E-state index contributed by atoms with van der Waals surface area (Å²) in [6, 6.07) is 15.2. The van der Waals surface area contributed by atoms with E-state index in [-0.39, 0.29) is 11.8 Å². The van der Waals surface area contributed by atoms with Gasteiger partial charge >= 0.3 is 0 Å². The van der Waals surface area contributed by atoms with Crippen LogP contribution in [0, 0.1) is 5.92 Å². The molecule has 0 saturated carbocycles. The van der Waals surface area contributed by atoms with Gasteiger partial charge in [-0.15, -0.1) is 0 Å². The van der Waals surface area contributed by atoms with E-state index in [9.17, 15) is 9.59 Å². The molecule has 1 atom stereocenters. The normalized spacial score (nSPS) is 18.5. The average molecular weight is 395 g/mol. The van der Waals surface area contributed by atoms with Gasteiger partial charge in [-0.25, -0.2) is 0 Å². The highest BCUT2D eigenvalue weighted by Crippen LogP contribution is 2.32. The highest BCUT2D eigenvalue weighted by atomic mass is 16.5. The molecular weight excluding hydrogens is 364 g/mol. The molecule has 0 radical (unpaired) electrons. The zero-order valence-corrected chi connectivity index (χ0v) is 17.7. The summed E-state index contributed by atoms with van der Waals surface area (Å²) in [5, 5.41) is 3.04. The maximum absolute atomic E-state index is 13.4. The summed E-state index contributed by atoms with van der Waals surface area (Å²) in [5.41, 5.74) is 1.60. The SMILES string of the molecule is COc1ccccc1CNC(=O)[C@]1(C)Cc2ccccc2C(=O)N1CCC(C)C. The molecule has 2 amide bonds. The number of amides is 2. The van der Waals surface area contributed by atoms with E-state index in [1.807, 2.05) is 55.5 Å². The number of benzene rings is 2. The van der Waals surface area contributed by atoms with Crippen LogP contribution in [0.25, 0.3) is 0 Å². The highest BCUT2D eigenvalue weighted by molar-refractivity contribution is 6.02. The summed E-state index contributed by atoms with van der Waals surface area (Å²) < 4.78 is 5.38. The number of methoxy groups -OCH3 is 1. The molecule has 0 unspecified atom stereocenters. The first kappa shape index (κ1) is 20.9. The van der Waals surface area contributed by atoms with Crippen LogP contribution in [0.1, 0.15) is 48.7 Å². The van der Waals surface area contributed by atoms with Crippen molar-refractivity contribution in [3.05, 3.63) is 65.2 Å². The van der Waals surface area contributed by atoms with Crippen molar-refractivity contribution < 1.29 is 14.3 Å². The lowest BCUT2D eigenvalue weighted by Gasteiger charge is -2.44. The number of nitrogens with zero attached hydrogens (tertiary/aromatic N) is 1. The number of hydrogen-bond donors (Lipinski definition) is 1. The second kappa shape index (κ2) is 8.68. The lowest BCUT2D eigenvalue weighted by Crippen LogP contribution is -2.62. The third-order valence-electron chi connectivity index (χ3n) is 5.67. The molecule has 2 aromatic rings. The van der Waals surface area contributed by atoms with Crippen LogP contribution in [0.15, 0.2) is 48.5 Å². The third kappa shape index (κ3) is 4.29. The van der Waals surface area contributed by atoms with E-state index in [4.69, 9.17) is 4.74 Å². The second-order valence-corrected chi connectivity index (χ2v) is 8.24. The van der Waals surface area contributed by atoms with Crippen LogP contribution in [0.5, 0.6) is 5.75 Å². The van der Waals surface area contributed by atoms with E-state index in [1.54, 1.807) is 12.0 Å². The number of rotatable bonds is 7. The van der Waals surface area contributed by atoms with Crippen molar-refractivity contribution in [1.29, 1.82) is 0 Å². The first-order valence-electron chi connectivity index (χ1n) is 10.2. The fourth-order valence-electron chi connectivity index (χ4n) is 3.87. The molecule has 1 heterocycles. The third-order valence-corrected chi connectivity index (χ3v) is 5.67. The number of hydrogen-bond acceptors (Lipinski definition) is 3. The minimum atomic E-state index is -0.928. The van der Waals surface area contributed by atoms with Gasteiger partial charge in [-0.3, -0.25) is 9.59 Å². The van der Waals surface area contributed by atoms with Gasteiger partial charge in [0, 0.05) is 30.6 Å². The molecule has 1 N–H and O–H groups in total. The van der Waals surface area contributed by atoms with Crippen molar-refractivity contribution >= 4 is 11.8 Å². The smallest absolute Gasteiger partial charge is 0.255 e. The molecule has 0 bridgehead atoms. The lowest BCUT2D eigenvalue weighted by molar-refractivity contribution is -0.132. The van der Waals surface area contributed by atoms with Crippen LogP contribution in [-0.2, 0) is 17.8 Å². The first-order chi connectivity index (χ1) is 13.9. The van der Waals surface area contributed by atoms with Gasteiger partial charge in [-0.1, -0.05) is 50.2 Å². The largest absolute Gasteiger partial charge is 0.496 e. The van der Waals surface area contributed by atoms with E-state index >= 15 is 0 Å². The van der Waals surface area contributed by atoms with Crippen LogP contribution in [-0.4, -0.2) is 35.9 Å². The Bertz CT molecular complexity index is 893. The van der Waals surface area contributed by atoms with E-state index < -0.39 is 5.54 Å². The van der Waals surface area contributed by atoms with E-state index in [2.05, 4.69) is 19.2 Å². The van der Waals surface area contributed by atoms with Crippen molar-refractivity contribution in [3.63, 3.8) is 0 Å². The molecular formula is C24H30N2O3. The van der Waals surface area contributed by atoms with Crippen LogP contribution >= 0.6 is 0 Å². The highest BCUT2D eigenvalue weighted by Gasteiger charge is 2.46. The number of fused-ring (bicyclic) bond motifs is 1. The minimum absolute atomic E-state index is 0.0672. The molecule has 3 rings (SSSR count). The summed E-state index contributed by atoms with van der Waals surface area (Å²) in [5.74, 6) is 0.970. The predicted molar refractivity (Wildman–Crippen MR) is 114 cm³/mol. The van der Waals surface area contributed by atoms with Crippen molar-refractivity contribution in [2.45, 2.75) is 45.7 Å². The molecule has 0 saturated heterocycles. The monoisotopic (exact) mass is 394 g/mol. The van der Waals surface area contributed by atoms with Gasteiger partial charge < -0.3 is 15.0 Å². The van der Waals surface area contributed by atoms with Crippen molar-refractivity contribution in [3.8, 4) is 5.75 Å². The fraction of sp³-hybridized carbons (Fsp3) is 0.417. The Labute approximate surface area is 173 Å². The van der Waals surface area contributed by atoms with Crippen molar-refractivity contribution in [2.75, 3.05) is 13.7 Å². The summed E-state index contributed by atoms with van der Waals surface area (Å²) >= 11 is 0. The van der Waals surface area contributed by atoms with Gasteiger partial charge in [-0.05, 0) is 37.0 Å². The second-order valence-electron chi connectivity index (χ2n) is 8.24. The average Bonchev–Trinajstić information content (AvgIpc) is 2.71. The molecule has 29 heavy (non-hydrogen) atoms. The minimum Gasteiger partial charge on any atom is -0.496 e. The molecule has 0 spiro atoms. The van der Waals surface area contributed by atoms with Gasteiger partial charge in [0.25, 0.3) is 5.91 Å². The summed E-state index contributed by atoms with van der Waals surface area (Å²) in [7, 11) is 1.62. The Kier molecular flexibility index (Phi) is 6.26. The Hall–Kier alpha value is -2.82. The van der Waals surface area contributed by atoms with Gasteiger partial charge in [0.2, 0.25) is 5.91 Å². The molecule has 2 aromatic carbocycles. The molecule has 154 valence electrons. The molecule has 1 aliphatic heterocycles. The van der Waals surface area contributed by atoms with Gasteiger partial charge in [-0.2, -0.15) is 0 Å². The number of carbonyl (C=O) groups excluding carboxylic acids is 2. The van der Waals surface area contributed by atoms with E-state index in [1.165, 1.54) is 0 Å². The first-order valence-corrected chi connectivity index (χ1v) is 10.2. The standard InChI is InChI=1S/C24H30N2O3/c1-17(2)13-14-26-22(27)20-11-7-5-9-18(20)15-24(26,3)23(28)25-16-19-10-6-8-12-21(19)29-4/h5-12,17H,13-16H2,1-4H3,(H,25,28)/t24-/m0/s1. The quantitative estimate of drug-likeness (QED) is 0.777. The zero-order valence-electron chi connectivity index (χ0n) is 17.7. The van der Waals surface area contributed by atoms with E-state index in [0.29, 0.717) is 31.0 Å². The molecule has 0 aromatic heterocycles. The molecule has 5 heteroatoms. The summed E-state index contributed by atoms with van der Waals surface area (Å²) in [4.78, 5) is 28.4. The van der Waals surface area contributed by atoms with Crippen molar-refractivity contribution in [2.24, 2.45) is 5.92 Å². The Morgan fingerprint density at radius 1 is 1.17 bits per heavy atom. The zero-order chi connectivity index (χ0) is 21.0. The van der Waals surface area contributed by atoms with Gasteiger partial charge in [0.15, 0.2) is 0 Å². The topological polar surface area (TPSA) is 58.6 Å². The Balaban J connectivity index is 1.86. The number of carbonyl (C=O) groups is 2. The molecule has 5 nitrogen and oxygen atoms in total. The number of ether oxygens (including phenoxy) is 1. The maximum Gasteiger partial charge on any atom is 0.255 e. The molecule has 0 fully saturated rings. The maximum atomic E-state index is 13.4. The lowest BCUT2D eigenvalue weighted by atomic mass is 9.82. The Morgan fingerprint density at radius 2 is 1.86 bits per heavy atom. The van der Waals surface area contributed by atoms with Crippen LogP contribution in [0.4, 0.5) is 0 Å². The van der Waals surface area contributed by atoms with Gasteiger partial charge in [0.1, 0.15) is 11.3 Å². The number of nitrogens with one attached hydrogen (secondary N) is 1. The van der Waals surface area contributed by atoms with Crippen molar-refractivity contribution in [1.82, 2.24) is 10.2 Å². The van der Waals surface area contributed by atoms with Crippen LogP contribution < -0.4 is 10.1 Å². The fourth-order valence-corrected chi connectivity index (χ4v) is 3.87. The molecule has 0 aliphatic carbocycles. The molecule has 1 aliphatic rings. The number of para-hydroxylation sites is 1. The van der Waals surface area contributed by atoms with E-state index in [0.717, 1.165) is 23.3 Å². The van der Waals surface area contributed by atoms with Crippen LogP contribution in [0.3, 0.4) is 0 Å². The predicted octanol–water partition coefficient (Wildman–Crippen LogP) is 3.81. The van der Waals surface area contributed by atoms with Gasteiger partial charge in [0.05, 0.1) is 7.11 Å².